The molecule has 0 unspecified atom stereocenters. The summed E-state index contributed by atoms with van der Waals surface area (Å²) >= 11 is 0. The van der Waals surface area contributed by atoms with Gasteiger partial charge in [0.25, 0.3) is 5.91 Å². The Hall–Kier alpha value is -3.08. The molecule has 2 aromatic carbocycles. The number of nitrogens with zero attached hydrogens (tertiary/aromatic N) is 3. The van der Waals surface area contributed by atoms with E-state index in [9.17, 15) is 4.79 Å². The first kappa shape index (κ1) is 17.3. The highest BCUT2D eigenvalue weighted by molar-refractivity contribution is 6.04. The number of nitrogens with one attached hydrogen (secondary N) is 1. The lowest BCUT2D eigenvalue weighted by Crippen LogP contribution is -2.29. The Morgan fingerprint density at radius 1 is 1.04 bits per heavy atom. The van der Waals surface area contributed by atoms with E-state index < -0.39 is 0 Å². The molecular formula is C22H24N4O. The number of rotatable bonds is 5. The molecule has 0 atom stereocenters. The van der Waals surface area contributed by atoms with Crippen LogP contribution in [-0.2, 0) is 6.54 Å². The molecule has 5 heteroatoms. The van der Waals surface area contributed by atoms with Crippen LogP contribution in [0.25, 0.3) is 0 Å². The summed E-state index contributed by atoms with van der Waals surface area (Å²) < 4.78 is 1.98. The van der Waals surface area contributed by atoms with Gasteiger partial charge in [0.15, 0.2) is 0 Å². The van der Waals surface area contributed by atoms with Crippen LogP contribution in [0.1, 0.15) is 35.2 Å². The van der Waals surface area contributed by atoms with E-state index in [1.54, 1.807) is 12.5 Å². The van der Waals surface area contributed by atoms with Gasteiger partial charge in [-0.05, 0) is 61.2 Å². The monoisotopic (exact) mass is 360 g/mol. The Kier molecular flexibility index (Phi) is 5.19. The molecule has 1 fully saturated rings. The lowest BCUT2D eigenvalue weighted by Gasteiger charge is -2.28. The fourth-order valence-corrected chi connectivity index (χ4v) is 3.51. The third-order valence-corrected chi connectivity index (χ3v) is 4.96. The zero-order chi connectivity index (χ0) is 18.5. The van der Waals surface area contributed by atoms with Gasteiger partial charge in [-0.15, -0.1) is 0 Å². The van der Waals surface area contributed by atoms with E-state index >= 15 is 0 Å². The summed E-state index contributed by atoms with van der Waals surface area (Å²) in [5.74, 6) is -0.0896. The maximum absolute atomic E-state index is 12.6. The number of imidazole rings is 1. The Morgan fingerprint density at radius 2 is 1.85 bits per heavy atom. The van der Waals surface area contributed by atoms with Gasteiger partial charge in [-0.1, -0.05) is 12.1 Å². The molecule has 1 aliphatic heterocycles. The molecule has 4 rings (SSSR count). The summed E-state index contributed by atoms with van der Waals surface area (Å²) in [6.07, 6.45) is 9.28. The topological polar surface area (TPSA) is 50.2 Å². The van der Waals surface area contributed by atoms with Crippen molar-refractivity contribution in [3.05, 3.63) is 78.4 Å². The van der Waals surface area contributed by atoms with Gasteiger partial charge in [0.2, 0.25) is 0 Å². The minimum absolute atomic E-state index is 0.0896. The predicted molar refractivity (Wildman–Crippen MR) is 108 cm³/mol. The molecule has 0 spiro atoms. The van der Waals surface area contributed by atoms with Gasteiger partial charge in [-0.3, -0.25) is 4.79 Å². The second kappa shape index (κ2) is 8.08. The maximum atomic E-state index is 12.6. The lowest BCUT2D eigenvalue weighted by molar-refractivity contribution is 0.102. The molecule has 1 aromatic heterocycles. The van der Waals surface area contributed by atoms with Gasteiger partial charge >= 0.3 is 0 Å². The molecule has 138 valence electrons. The Morgan fingerprint density at radius 3 is 2.59 bits per heavy atom. The van der Waals surface area contributed by atoms with Crippen LogP contribution in [0.3, 0.4) is 0 Å². The molecule has 27 heavy (non-hydrogen) atoms. The number of amides is 1. The Labute approximate surface area is 159 Å². The summed E-state index contributed by atoms with van der Waals surface area (Å²) in [6.45, 7) is 2.94. The minimum Gasteiger partial charge on any atom is -0.372 e. The summed E-state index contributed by atoms with van der Waals surface area (Å²) in [7, 11) is 0. The van der Waals surface area contributed by atoms with Crippen molar-refractivity contribution < 1.29 is 4.79 Å². The number of piperidine rings is 1. The highest BCUT2D eigenvalue weighted by atomic mass is 16.1. The molecule has 0 radical (unpaired) electrons. The number of carbonyl (C=O) groups is 1. The van der Waals surface area contributed by atoms with Gasteiger partial charge < -0.3 is 14.8 Å². The third kappa shape index (κ3) is 4.37. The van der Waals surface area contributed by atoms with Crippen LogP contribution < -0.4 is 10.2 Å². The molecule has 0 bridgehead atoms. The second-order valence-electron chi connectivity index (χ2n) is 6.98. The highest BCUT2D eigenvalue weighted by Crippen LogP contribution is 2.22. The van der Waals surface area contributed by atoms with Crippen molar-refractivity contribution in [1.29, 1.82) is 0 Å². The third-order valence-electron chi connectivity index (χ3n) is 4.96. The summed E-state index contributed by atoms with van der Waals surface area (Å²) in [5, 5.41) is 3.00. The number of benzene rings is 2. The van der Waals surface area contributed by atoms with Crippen molar-refractivity contribution in [3.63, 3.8) is 0 Å². The number of aromatic nitrogens is 2. The highest BCUT2D eigenvalue weighted by Gasteiger charge is 2.11. The first-order valence-electron chi connectivity index (χ1n) is 9.49. The molecule has 1 aliphatic rings. The van der Waals surface area contributed by atoms with Crippen LogP contribution in [0.15, 0.2) is 67.3 Å². The average molecular weight is 360 g/mol. The summed E-state index contributed by atoms with van der Waals surface area (Å²) in [4.78, 5) is 19.1. The maximum Gasteiger partial charge on any atom is 0.255 e. The van der Waals surface area contributed by atoms with Crippen LogP contribution in [0, 0.1) is 0 Å². The minimum atomic E-state index is -0.0896. The lowest BCUT2D eigenvalue weighted by atomic mass is 10.1. The number of anilines is 2. The van der Waals surface area contributed by atoms with E-state index in [2.05, 4.69) is 27.3 Å². The summed E-state index contributed by atoms with van der Waals surface area (Å²) in [5.41, 5.74) is 3.78. The SMILES string of the molecule is O=C(Nc1ccc(N2CCCCC2)cc1)c1cccc(Cn2ccnc2)c1. The number of hydrogen-bond donors (Lipinski definition) is 1. The molecule has 1 amide bonds. The first-order valence-corrected chi connectivity index (χ1v) is 9.49. The van der Waals surface area contributed by atoms with Crippen LogP contribution in [-0.4, -0.2) is 28.5 Å². The number of carbonyl (C=O) groups excluding carboxylic acids is 1. The molecular weight excluding hydrogens is 336 g/mol. The van der Waals surface area contributed by atoms with Crippen molar-refractivity contribution in [3.8, 4) is 0 Å². The quantitative estimate of drug-likeness (QED) is 0.743. The second-order valence-corrected chi connectivity index (χ2v) is 6.98. The van der Waals surface area contributed by atoms with E-state index in [-0.39, 0.29) is 5.91 Å². The Bertz CT molecular complexity index is 881. The van der Waals surface area contributed by atoms with Gasteiger partial charge in [0.1, 0.15) is 0 Å². The largest absolute Gasteiger partial charge is 0.372 e. The molecule has 5 nitrogen and oxygen atoms in total. The van der Waals surface area contributed by atoms with Crippen molar-refractivity contribution in [2.24, 2.45) is 0 Å². The normalized spacial score (nSPS) is 14.1. The van der Waals surface area contributed by atoms with E-state index in [0.29, 0.717) is 12.1 Å². The van der Waals surface area contributed by atoms with Crippen molar-refractivity contribution in [2.45, 2.75) is 25.8 Å². The van der Waals surface area contributed by atoms with E-state index in [4.69, 9.17) is 0 Å². The molecule has 1 N–H and O–H groups in total. The van der Waals surface area contributed by atoms with Crippen LogP contribution in [0.2, 0.25) is 0 Å². The Balaban J connectivity index is 1.41. The summed E-state index contributed by atoms with van der Waals surface area (Å²) in [6, 6.07) is 15.9. The molecule has 0 aliphatic carbocycles. The van der Waals surface area contributed by atoms with E-state index in [0.717, 1.165) is 24.3 Å². The van der Waals surface area contributed by atoms with Crippen LogP contribution in [0.4, 0.5) is 11.4 Å². The van der Waals surface area contributed by atoms with Gasteiger partial charge in [-0.25, -0.2) is 4.98 Å². The average Bonchev–Trinajstić information content (AvgIpc) is 3.22. The fourth-order valence-electron chi connectivity index (χ4n) is 3.51. The van der Waals surface area contributed by atoms with Crippen molar-refractivity contribution in [1.82, 2.24) is 9.55 Å². The molecule has 3 aromatic rings. The van der Waals surface area contributed by atoms with Gasteiger partial charge in [0.05, 0.1) is 6.33 Å². The van der Waals surface area contributed by atoms with Gasteiger partial charge in [-0.2, -0.15) is 0 Å². The van der Waals surface area contributed by atoms with E-state index in [1.807, 2.05) is 47.2 Å². The smallest absolute Gasteiger partial charge is 0.255 e. The standard InChI is InChI=1S/C22H24N4O/c27-22(19-6-4-5-18(15-19)16-25-14-11-23-17-25)24-20-7-9-21(10-8-20)26-12-2-1-3-13-26/h4-11,14-15,17H,1-3,12-13,16H2,(H,24,27). The zero-order valence-corrected chi connectivity index (χ0v) is 15.3. The van der Waals surface area contributed by atoms with Gasteiger partial charge in [0, 0.05) is 49.0 Å². The molecule has 2 heterocycles. The van der Waals surface area contributed by atoms with Crippen LogP contribution >= 0.6 is 0 Å². The zero-order valence-electron chi connectivity index (χ0n) is 15.3. The fraction of sp³-hybridized carbons (Fsp3) is 0.273. The molecule has 1 saturated heterocycles. The molecule has 0 saturated carbocycles. The predicted octanol–water partition coefficient (Wildman–Crippen LogP) is 4.17. The first-order chi connectivity index (χ1) is 13.3. The van der Waals surface area contributed by atoms with Crippen LogP contribution in [0.5, 0.6) is 0 Å². The van der Waals surface area contributed by atoms with Crippen molar-refractivity contribution >= 4 is 17.3 Å². The van der Waals surface area contributed by atoms with Crippen molar-refractivity contribution in [2.75, 3.05) is 23.3 Å². The van der Waals surface area contributed by atoms with E-state index in [1.165, 1.54) is 24.9 Å². The number of hydrogen-bond acceptors (Lipinski definition) is 3.